The van der Waals surface area contributed by atoms with Gasteiger partial charge in [0.2, 0.25) is 0 Å². The van der Waals surface area contributed by atoms with Gasteiger partial charge in [-0.25, -0.2) is 0 Å². The zero-order valence-electron chi connectivity index (χ0n) is 17.7. The molecule has 0 aliphatic heterocycles. The van der Waals surface area contributed by atoms with Gasteiger partial charge >= 0.3 is 0 Å². The fourth-order valence-electron chi connectivity index (χ4n) is 3.78. The second-order valence-electron chi connectivity index (χ2n) is 7.90. The zero-order valence-corrected chi connectivity index (χ0v) is 17.7. The highest BCUT2D eigenvalue weighted by Crippen LogP contribution is 2.25. The fraction of sp³-hybridized carbons (Fsp3) is 0.231. The van der Waals surface area contributed by atoms with Crippen LogP contribution in [0.2, 0.25) is 0 Å². The Morgan fingerprint density at radius 2 is 1.62 bits per heavy atom. The smallest absolute Gasteiger partial charge is 0.255 e. The first-order valence-corrected chi connectivity index (χ1v) is 10.8. The number of carbonyl (C=O) groups is 2. The number of phenols is 1. The standard InChI is InChI=1S/C26H26N2O4/c29-20-12-15-24(23(16-20)26(31)27-17-18-6-2-1-3-7-18)28-25(30)19-10-13-22(14-11-19)32-21-8-4-5-9-21/h1-3,6-7,10-16,21,29H,4-5,8-9,17H2,(H,27,31)(H,28,30). The molecule has 164 valence electrons. The van der Waals surface area contributed by atoms with E-state index in [9.17, 15) is 14.7 Å². The first-order chi connectivity index (χ1) is 15.6. The Morgan fingerprint density at radius 3 is 2.34 bits per heavy atom. The van der Waals surface area contributed by atoms with Gasteiger partial charge in [-0.05, 0) is 73.7 Å². The minimum absolute atomic E-state index is 0.0544. The second kappa shape index (κ2) is 10.0. The maximum absolute atomic E-state index is 12.8. The Kier molecular flexibility index (Phi) is 6.70. The third-order valence-electron chi connectivity index (χ3n) is 5.51. The third kappa shape index (κ3) is 5.46. The SMILES string of the molecule is O=C(Nc1ccc(O)cc1C(=O)NCc1ccccc1)c1ccc(OC2CCCC2)cc1. The van der Waals surface area contributed by atoms with Gasteiger partial charge in [-0.15, -0.1) is 0 Å². The molecule has 0 radical (unpaired) electrons. The maximum atomic E-state index is 12.8. The summed E-state index contributed by atoms with van der Waals surface area (Å²) in [7, 11) is 0. The van der Waals surface area contributed by atoms with Crippen LogP contribution in [0.5, 0.6) is 11.5 Å². The van der Waals surface area contributed by atoms with Crippen LogP contribution in [-0.4, -0.2) is 23.0 Å². The summed E-state index contributed by atoms with van der Waals surface area (Å²) >= 11 is 0. The minimum Gasteiger partial charge on any atom is -0.508 e. The summed E-state index contributed by atoms with van der Waals surface area (Å²) in [6.07, 6.45) is 4.78. The highest BCUT2D eigenvalue weighted by atomic mass is 16.5. The predicted octanol–water partition coefficient (Wildman–Crippen LogP) is 4.90. The molecule has 0 atom stereocenters. The topological polar surface area (TPSA) is 87.7 Å². The summed E-state index contributed by atoms with van der Waals surface area (Å²) in [6, 6.07) is 20.8. The van der Waals surface area contributed by atoms with Crippen LogP contribution in [0.1, 0.15) is 52.0 Å². The van der Waals surface area contributed by atoms with Gasteiger partial charge in [0.15, 0.2) is 0 Å². The van der Waals surface area contributed by atoms with Gasteiger partial charge in [0.05, 0.1) is 17.4 Å². The lowest BCUT2D eigenvalue weighted by Crippen LogP contribution is -2.25. The molecular weight excluding hydrogens is 404 g/mol. The number of anilines is 1. The molecule has 3 N–H and O–H groups in total. The zero-order chi connectivity index (χ0) is 22.3. The van der Waals surface area contributed by atoms with Crippen molar-refractivity contribution in [3.8, 4) is 11.5 Å². The van der Waals surface area contributed by atoms with Crippen molar-refractivity contribution in [3.05, 3.63) is 89.5 Å². The van der Waals surface area contributed by atoms with Crippen molar-refractivity contribution in [2.45, 2.75) is 38.3 Å². The lowest BCUT2D eigenvalue weighted by Gasteiger charge is -2.14. The van der Waals surface area contributed by atoms with Crippen molar-refractivity contribution >= 4 is 17.5 Å². The van der Waals surface area contributed by atoms with E-state index in [2.05, 4.69) is 10.6 Å². The average molecular weight is 431 g/mol. The van der Waals surface area contributed by atoms with E-state index < -0.39 is 0 Å². The number of hydrogen-bond donors (Lipinski definition) is 3. The van der Waals surface area contributed by atoms with Crippen molar-refractivity contribution in [1.29, 1.82) is 0 Å². The lowest BCUT2D eigenvalue weighted by molar-refractivity contribution is 0.0951. The molecule has 0 heterocycles. The van der Waals surface area contributed by atoms with E-state index in [0.717, 1.165) is 24.2 Å². The molecule has 0 aromatic heterocycles. The second-order valence-corrected chi connectivity index (χ2v) is 7.90. The molecule has 1 aliphatic carbocycles. The number of benzene rings is 3. The van der Waals surface area contributed by atoms with Gasteiger partial charge in [-0.1, -0.05) is 30.3 Å². The molecule has 3 aromatic rings. The van der Waals surface area contributed by atoms with Crippen LogP contribution in [-0.2, 0) is 6.54 Å². The lowest BCUT2D eigenvalue weighted by atomic mass is 10.1. The van der Waals surface area contributed by atoms with Crippen LogP contribution < -0.4 is 15.4 Å². The first kappa shape index (κ1) is 21.4. The van der Waals surface area contributed by atoms with E-state index >= 15 is 0 Å². The normalized spacial score (nSPS) is 13.5. The molecule has 6 heteroatoms. The van der Waals surface area contributed by atoms with Crippen molar-refractivity contribution in [2.24, 2.45) is 0 Å². The van der Waals surface area contributed by atoms with Gasteiger partial charge in [-0.3, -0.25) is 9.59 Å². The Morgan fingerprint density at radius 1 is 0.906 bits per heavy atom. The fourth-order valence-corrected chi connectivity index (χ4v) is 3.78. The molecule has 6 nitrogen and oxygen atoms in total. The number of hydrogen-bond acceptors (Lipinski definition) is 4. The molecule has 1 aliphatic rings. The van der Waals surface area contributed by atoms with Crippen molar-refractivity contribution in [3.63, 3.8) is 0 Å². The molecular formula is C26H26N2O4. The Bertz CT molecular complexity index is 1070. The molecule has 0 unspecified atom stereocenters. The summed E-state index contributed by atoms with van der Waals surface area (Å²) in [6.45, 7) is 0.338. The maximum Gasteiger partial charge on any atom is 0.255 e. The summed E-state index contributed by atoms with van der Waals surface area (Å²) < 4.78 is 5.94. The van der Waals surface area contributed by atoms with Crippen molar-refractivity contribution < 1.29 is 19.4 Å². The van der Waals surface area contributed by atoms with Gasteiger partial charge in [0.1, 0.15) is 11.5 Å². The highest BCUT2D eigenvalue weighted by molar-refractivity contribution is 6.09. The largest absolute Gasteiger partial charge is 0.508 e. The summed E-state index contributed by atoms with van der Waals surface area (Å²) in [5.74, 6) is -0.0408. The van der Waals surface area contributed by atoms with E-state index in [4.69, 9.17) is 4.74 Å². The van der Waals surface area contributed by atoms with Crippen LogP contribution in [0.15, 0.2) is 72.8 Å². The first-order valence-electron chi connectivity index (χ1n) is 10.8. The molecule has 1 saturated carbocycles. The number of phenolic OH excluding ortho intramolecular Hbond substituents is 1. The van der Waals surface area contributed by atoms with Crippen LogP contribution in [0, 0.1) is 0 Å². The third-order valence-corrected chi connectivity index (χ3v) is 5.51. The Labute approximate surface area is 187 Å². The van der Waals surface area contributed by atoms with Crippen molar-refractivity contribution in [2.75, 3.05) is 5.32 Å². The monoisotopic (exact) mass is 430 g/mol. The number of ether oxygens (including phenoxy) is 1. The van der Waals surface area contributed by atoms with Crippen LogP contribution >= 0.6 is 0 Å². The highest BCUT2D eigenvalue weighted by Gasteiger charge is 2.18. The molecule has 0 bridgehead atoms. The molecule has 32 heavy (non-hydrogen) atoms. The molecule has 2 amide bonds. The molecule has 3 aromatic carbocycles. The summed E-state index contributed by atoms with van der Waals surface area (Å²) in [5, 5.41) is 15.5. The summed E-state index contributed by atoms with van der Waals surface area (Å²) in [5.41, 5.74) is 1.92. The average Bonchev–Trinajstić information content (AvgIpc) is 3.33. The number of nitrogens with one attached hydrogen (secondary N) is 2. The van der Waals surface area contributed by atoms with Crippen LogP contribution in [0.3, 0.4) is 0 Å². The van der Waals surface area contributed by atoms with Gasteiger partial charge in [-0.2, -0.15) is 0 Å². The number of amides is 2. The number of rotatable bonds is 7. The number of carbonyl (C=O) groups excluding carboxylic acids is 2. The van der Waals surface area contributed by atoms with Gasteiger partial charge < -0.3 is 20.5 Å². The van der Waals surface area contributed by atoms with E-state index in [1.54, 1.807) is 24.3 Å². The molecule has 4 rings (SSSR count). The molecule has 1 fully saturated rings. The van der Waals surface area contributed by atoms with Gasteiger partial charge in [0.25, 0.3) is 11.8 Å². The van der Waals surface area contributed by atoms with E-state index in [1.165, 1.54) is 31.0 Å². The Hall–Kier alpha value is -3.80. The van der Waals surface area contributed by atoms with Crippen LogP contribution in [0.4, 0.5) is 5.69 Å². The number of aromatic hydroxyl groups is 1. The predicted molar refractivity (Wildman–Crippen MR) is 123 cm³/mol. The minimum atomic E-state index is -0.389. The Balaban J connectivity index is 1.42. The van der Waals surface area contributed by atoms with Gasteiger partial charge in [0, 0.05) is 12.1 Å². The van der Waals surface area contributed by atoms with E-state index in [1.807, 2.05) is 30.3 Å². The van der Waals surface area contributed by atoms with E-state index in [0.29, 0.717) is 17.8 Å². The van der Waals surface area contributed by atoms with Crippen molar-refractivity contribution in [1.82, 2.24) is 5.32 Å². The quantitative estimate of drug-likeness (QED) is 0.466. The summed E-state index contributed by atoms with van der Waals surface area (Å²) in [4.78, 5) is 25.5. The molecule has 0 saturated heterocycles. The van der Waals surface area contributed by atoms with E-state index in [-0.39, 0.29) is 29.2 Å². The molecule has 0 spiro atoms. The van der Waals surface area contributed by atoms with Crippen LogP contribution in [0.25, 0.3) is 0 Å².